The van der Waals surface area contributed by atoms with Crippen LogP contribution in [0.4, 0.5) is 61.5 Å². The molecule has 4 fully saturated rings. The normalized spacial score (nSPS) is 23.6. The molecule has 10 rings (SSSR count). The molecular formula is C42H46F6N12O4. The van der Waals surface area contributed by atoms with E-state index < -0.39 is 46.3 Å². The number of aliphatic hydroxyl groups excluding tert-OH is 2. The molecule has 2 aliphatic heterocycles. The van der Waals surface area contributed by atoms with Crippen molar-refractivity contribution in [2.45, 2.75) is 101 Å². The smallest absolute Gasteiger partial charge is 0.224 e. The van der Waals surface area contributed by atoms with E-state index in [9.17, 15) is 36.6 Å². The molecule has 4 aromatic heterocycles. The van der Waals surface area contributed by atoms with Crippen LogP contribution in [0.1, 0.15) is 76.3 Å². The van der Waals surface area contributed by atoms with E-state index in [2.05, 4.69) is 51.2 Å². The van der Waals surface area contributed by atoms with Gasteiger partial charge in [-0.1, -0.05) is 0 Å². The lowest BCUT2D eigenvalue weighted by atomic mass is 9.93. The summed E-state index contributed by atoms with van der Waals surface area (Å²) < 4.78 is 98.2. The lowest BCUT2D eigenvalue weighted by Gasteiger charge is -2.26. The van der Waals surface area contributed by atoms with Gasteiger partial charge in [0.05, 0.1) is 49.9 Å². The Bertz CT molecular complexity index is 2380. The summed E-state index contributed by atoms with van der Waals surface area (Å²) in [6.07, 6.45) is 10.1. The molecule has 2 aliphatic carbocycles. The van der Waals surface area contributed by atoms with Crippen molar-refractivity contribution in [1.29, 1.82) is 0 Å². The van der Waals surface area contributed by atoms with Gasteiger partial charge in [0.1, 0.15) is 34.0 Å². The third-order valence-electron chi connectivity index (χ3n) is 12.0. The highest BCUT2D eigenvalue weighted by Gasteiger charge is 2.29. The van der Waals surface area contributed by atoms with Gasteiger partial charge in [0.25, 0.3) is 0 Å². The molecule has 6 N–H and O–H groups in total. The Morgan fingerprint density at radius 1 is 0.516 bits per heavy atom. The molecule has 0 unspecified atom stereocenters. The minimum atomic E-state index is -1.06. The van der Waals surface area contributed by atoms with Gasteiger partial charge < -0.3 is 41.0 Å². The van der Waals surface area contributed by atoms with Crippen LogP contribution in [0.2, 0.25) is 0 Å². The number of aliphatic hydroxyl groups is 2. The number of hydrogen-bond acceptors (Lipinski definition) is 14. The summed E-state index contributed by atoms with van der Waals surface area (Å²) >= 11 is 0. The summed E-state index contributed by atoms with van der Waals surface area (Å²) in [5.41, 5.74) is 0.917. The van der Waals surface area contributed by atoms with Crippen LogP contribution in [0.5, 0.6) is 0 Å². The van der Waals surface area contributed by atoms with E-state index in [1.807, 2.05) is 0 Å². The van der Waals surface area contributed by atoms with Gasteiger partial charge in [-0.25, -0.2) is 46.3 Å². The summed E-state index contributed by atoms with van der Waals surface area (Å²) in [7, 11) is 0. The summed E-state index contributed by atoms with van der Waals surface area (Å²) in [5, 5.41) is 31.4. The van der Waals surface area contributed by atoms with Gasteiger partial charge in [-0.15, -0.1) is 0 Å². The van der Waals surface area contributed by atoms with Crippen LogP contribution in [-0.4, -0.2) is 100.0 Å². The van der Waals surface area contributed by atoms with Crippen LogP contribution in [0, 0.1) is 34.9 Å². The standard InChI is InChI=1S/2C21H23F3N6O2/c2*22-11-7-15(23)18(16(24)8-11)28-21-27-17-9-25-20(26-12-1-3-14(31)4-2-12)29-19(17)30(21)13-5-6-32-10-13/h2*7-9,12-14,31H,1-6,10H2,(H,27,28)(H,25,26,29)/t2*12?,13-,14?/m00/s1. The first-order valence-electron chi connectivity index (χ1n) is 21.3. The van der Waals surface area contributed by atoms with Gasteiger partial charge in [-0.05, 0) is 64.2 Å². The number of nitrogens with zero attached hydrogens (tertiary/aromatic N) is 8. The first kappa shape index (κ1) is 43.4. The molecule has 6 aromatic rings. The Morgan fingerprint density at radius 2 is 0.891 bits per heavy atom. The van der Waals surface area contributed by atoms with Gasteiger partial charge in [-0.3, -0.25) is 9.13 Å². The second kappa shape index (κ2) is 18.7. The van der Waals surface area contributed by atoms with Crippen molar-refractivity contribution in [2.24, 2.45) is 0 Å². The molecule has 0 amide bonds. The number of ether oxygens (including phenoxy) is 2. The first-order chi connectivity index (χ1) is 30.9. The third-order valence-corrected chi connectivity index (χ3v) is 12.0. The van der Waals surface area contributed by atoms with Gasteiger partial charge in [0.15, 0.2) is 34.6 Å². The van der Waals surface area contributed by atoms with E-state index in [1.165, 1.54) is 0 Å². The van der Waals surface area contributed by atoms with Gasteiger partial charge >= 0.3 is 0 Å². The fourth-order valence-electron chi connectivity index (χ4n) is 8.59. The number of aromatic nitrogens is 8. The molecule has 64 heavy (non-hydrogen) atoms. The molecule has 2 saturated heterocycles. The summed E-state index contributed by atoms with van der Waals surface area (Å²) in [6, 6.07) is 2.48. The van der Waals surface area contributed by atoms with Crippen molar-refractivity contribution in [3.63, 3.8) is 0 Å². The number of anilines is 6. The van der Waals surface area contributed by atoms with Crippen molar-refractivity contribution >= 4 is 57.5 Å². The molecule has 2 atom stereocenters. The Kier molecular flexibility index (Phi) is 12.7. The lowest BCUT2D eigenvalue weighted by molar-refractivity contribution is 0.125. The number of halogens is 6. The van der Waals surface area contributed by atoms with E-state index in [0.717, 1.165) is 51.4 Å². The largest absolute Gasteiger partial charge is 0.393 e. The second-order valence-corrected chi connectivity index (χ2v) is 16.5. The fraction of sp³-hybridized carbons (Fsp3) is 0.476. The topological polar surface area (TPSA) is 194 Å². The van der Waals surface area contributed by atoms with E-state index in [0.29, 0.717) is 97.8 Å². The zero-order valence-corrected chi connectivity index (χ0v) is 34.4. The average Bonchev–Trinajstić information content (AvgIpc) is 4.09. The molecular weight excluding hydrogens is 851 g/mol. The first-order valence-corrected chi connectivity index (χ1v) is 21.3. The van der Waals surface area contributed by atoms with Gasteiger partial charge in [0, 0.05) is 49.6 Å². The van der Waals surface area contributed by atoms with Crippen molar-refractivity contribution in [3.8, 4) is 0 Å². The Balaban J connectivity index is 0.000000162. The highest BCUT2D eigenvalue weighted by Crippen LogP contribution is 2.35. The molecule has 0 radical (unpaired) electrons. The van der Waals surface area contributed by atoms with E-state index in [-0.39, 0.29) is 48.3 Å². The number of rotatable bonds is 10. The van der Waals surface area contributed by atoms with Gasteiger partial charge in [0.2, 0.25) is 23.8 Å². The summed E-state index contributed by atoms with van der Waals surface area (Å²) in [6.45, 7) is 1.90. The van der Waals surface area contributed by atoms with Crippen LogP contribution in [0.25, 0.3) is 22.3 Å². The van der Waals surface area contributed by atoms with Crippen LogP contribution in [0.15, 0.2) is 36.7 Å². The van der Waals surface area contributed by atoms with Crippen molar-refractivity contribution < 1.29 is 46.0 Å². The van der Waals surface area contributed by atoms with Gasteiger partial charge in [-0.2, -0.15) is 9.97 Å². The highest BCUT2D eigenvalue weighted by molar-refractivity contribution is 5.78. The zero-order chi connectivity index (χ0) is 44.5. The summed E-state index contributed by atoms with van der Waals surface area (Å²) in [4.78, 5) is 26.8. The fourth-order valence-corrected chi connectivity index (χ4v) is 8.59. The monoisotopic (exact) mass is 896 g/mol. The van der Waals surface area contributed by atoms with Crippen LogP contribution < -0.4 is 21.3 Å². The number of nitrogens with one attached hydrogen (secondary N) is 4. The average molecular weight is 897 g/mol. The lowest BCUT2D eigenvalue weighted by Crippen LogP contribution is -2.29. The Hall–Kier alpha value is -5.84. The summed E-state index contributed by atoms with van der Waals surface area (Å²) in [5.74, 6) is -5.05. The maximum atomic E-state index is 14.3. The van der Waals surface area contributed by atoms with Crippen molar-refractivity contribution in [3.05, 3.63) is 71.6 Å². The molecule has 340 valence electrons. The molecule has 0 spiro atoms. The molecule has 6 heterocycles. The molecule has 16 nitrogen and oxygen atoms in total. The number of fused-ring (bicyclic) bond motifs is 2. The maximum Gasteiger partial charge on any atom is 0.224 e. The maximum absolute atomic E-state index is 14.3. The van der Waals surface area contributed by atoms with E-state index >= 15 is 0 Å². The van der Waals surface area contributed by atoms with Crippen LogP contribution in [-0.2, 0) is 9.47 Å². The molecule has 4 aliphatic rings. The van der Waals surface area contributed by atoms with E-state index in [4.69, 9.17) is 9.47 Å². The molecule has 2 aromatic carbocycles. The number of benzene rings is 2. The Morgan fingerprint density at radius 3 is 1.23 bits per heavy atom. The quantitative estimate of drug-likeness (QED) is 0.0749. The van der Waals surface area contributed by atoms with Crippen LogP contribution in [0.3, 0.4) is 0 Å². The second-order valence-electron chi connectivity index (χ2n) is 16.5. The molecule has 22 heteroatoms. The van der Waals surface area contributed by atoms with Crippen molar-refractivity contribution in [1.82, 2.24) is 39.0 Å². The molecule has 2 saturated carbocycles. The number of imidazole rings is 2. The molecule has 0 bridgehead atoms. The number of hydrogen-bond donors (Lipinski definition) is 6. The predicted molar refractivity (Wildman–Crippen MR) is 223 cm³/mol. The third kappa shape index (κ3) is 9.49. The minimum absolute atomic E-state index is 0.137. The van der Waals surface area contributed by atoms with Crippen molar-refractivity contribution in [2.75, 3.05) is 47.7 Å². The van der Waals surface area contributed by atoms with E-state index in [1.54, 1.807) is 21.5 Å². The Labute approximate surface area is 361 Å². The van der Waals surface area contributed by atoms with Crippen LogP contribution >= 0.6 is 0 Å². The zero-order valence-electron chi connectivity index (χ0n) is 34.4. The predicted octanol–water partition coefficient (Wildman–Crippen LogP) is 7.33. The minimum Gasteiger partial charge on any atom is -0.393 e. The highest BCUT2D eigenvalue weighted by atomic mass is 19.2. The SMILES string of the molecule is OC1CCC(Nc2ncc3nc(Nc4c(F)cc(F)cc4F)n([C@H]4CCOC4)c3n2)CC1.OC1CCC(Nc2ncc3nc(Nc4c(F)cc(F)cc4F)n([C@H]4CCOC4)c3n2)CC1.